The Hall–Kier alpha value is -4.98. The van der Waals surface area contributed by atoms with Crippen molar-refractivity contribution in [1.29, 1.82) is 0 Å². The number of aryl methyl sites for hydroxylation is 2. The smallest absolute Gasteiger partial charge is 0.406 e. The molecule has 0 unspecified atom stereocenters. The van der Waals surface area contributed by atoms with Gasteiger partial charge in [0, 0.05) is 17.3 Å². The van der Waals surface area contributed by atoms with Crippen molar-refractivity contribution >= 4 is 40.4 Å². The molecule has 0 bridgehead atoms. The second kappa shape index (κ2) is 12.1. The Balaban J connectivity index is 1.24. The van der Waals surface area contributed by atoms with Crippen LogP contribution in [0.2, 0.25) is 0 Å². The molecule has 4 aromatic rings. The fraction of sp³-hybridized carbons (Fsp3) is 0.138. The lowest BCUT2D eigenvalue weighted by Gasteiger charge is -2.20. The summed E-state index contributed by atoms with van der Waals surface area (Å²) in [5.41, 5.74) is 3.55. The molecule has 1 aliphatic heterocycles. The van der Waals surface area contributed by atoms with Gasteiger partial charge in [0.25, 0.3) is 0 Å². The van der Waals surface area contributed by atoms with Crippen molar-refractivity contribution in [3.8, 4) is 22.8 Å². The summed E-state index contributed by atoms with van der Waals surface area (Å²) in [7, 11) is 0. The van der Waals surface area contributed by atoms with Crippen molar-refractivity contribution in [2.75, 3.05) is 10.7 Å². The topological polar surface area (TPSA) is 102 Å². The second-order valence-electron chi connectivity index (χ2n) is 9.23. The fourth-order valence-electron chi connectivity index (χ4n) is 4.25. The Bertz CT molecular complexity index is 1710. The Kier molecular flexibility index (Phi) is 8.30. The number of hydrogen-bond donors (Lipinski definition) is 1. The van der Waals surface area contributed by atoms with E-state index in [1.807, 2.05) is 32.0 Å². The molecule has 0 spiro atoms. The number of alkyl halides is 3. The van der Waals surface area contributed by atoms with Gasteiger partial charge in [-0.05, 0) is 49.2 Å². The first kappa shape index (κ1) is 29.5. The zero-order chi connectivity index (χ0) is 30.7. The maximum atomic E-state index is 14.8. The van der Waals surface area contributed by atoms with E-state index in [1.165, 1.54) is 40.2 Å². The number of para-hydroxylation sites is 1. The number of anilines is 1. The predicted octanol–water partition coefficient (Wildman–Crippen LogP) is 6.56. The molecule has 1 fully saturated rings. The van der Waals surface area contributed by atoms with Crippen LogP contribution in [-0.4, -0.2) is 44.0 Å². The summed E-state index contributed by atoms with van der Waals surface area (Å²) in [6.07, 6.45) is -2.52. The minimum atomic E-state index is -4.79. The van der Waals surface area contributed by atoms with E-state index in [0.717, 1.165) is 41.2 Å². The number of aliphatic imine (C=N–C) groups is 1. The van der Waals surface area contributed by atoms with E-state index in [1.54, 1.807) is 12.1 Å². The van der Waals surface area contributed by atoms with Gasteiger partial charge >= 0.3 is 12.4 Å². The number of amidine groups is 1. The molecule has 220 valence electrons. The number of rotatable bonds is 6. The van der Waals surface area contributed by atoms with Crippen LogP contribution in [-0.2, 0) is 4.79 Å². The van der Waals surface area contributed by atoms with Crippen molar-refractivity contribution in [3.05, 3.63) is 95.9 Å². The van der Waals surface area contributed by atoms with Crippen molar-refractivity contribution in [2.45, 2.75) is 20.2 Å². The van der Waals surface area contributed by atoms with Gasteiger partial charge in [0.2, 0.25) is 5.91 Å². The Morgan fingerprint density at radius 1 is 1.05 bits per heavy atom. The fourth-order valence-corrected chi connectivity index (χ4v) is 5.10. The highest BCUT2D eigenvalue weighted by Crippen LogP contribution is 2.32. The van der Waals surface area contributed by atoms with Crippen LogP contribution in [0, 0.1) is 13.8 Å². The average molecular weight is 611 g/mol. The van der Waals surface area contributed by atoms with Crippen molar-refractivity contribution in [1.82, 2.24) is 20.1 Å². The monoisotopic (exact) mass is 610 g/mol. The standard InChI is InChI=1S/C29H22F4N6O3S/c1-17-4-3-5-18(2)25(17)39-24(40)15-43-28(39)36-27(41)34-14-23(30)19-6-8-20(9-7-19)26-35-16-38(37-26)21-10-12-22(13-11-21)42-29(31,32)33/h3-14,16H,15H2,1-2H3,(H,34,41)/b23-14-,36-28?. The van der Waals surface area contributed by atoms with Crippen LogP contribution in [0.4, 0.5) is 28.0 Å². The van der Waals surface area contributed by atoms with E-state index in [9.17, 15) is 27.2 Å². The summed E-state index contributed by atoms with van der Waals surface area (Å²) in [6, 6.07) is 16.0. The van der Waals surface area contributed by atoms with Crippen molar-refractivity contribution in [3.63, 3.8) is 0 Å². The van der Waals surface area contributed by atoms with E-state index in [-0.39, 0.29) is 28.1 Å². The Labute approximate surface area is 246 Å². The van der Waals surface area contributed by atoms with Crippen LogP contribution in [0.1, 0.15) is 16.7 Å². The Morgan fingerprint density at radius 2 is 1.72 bits per heavy atom. The first-order valence-corrected chi connectivity index (χ1v) is 13.6. The normalized spacial score (nSPS) is 14.8. The summed E-state index contributed by atoms with van der Waals surface area (Å²) < 4.78 is 57.2. The van der Waals surface area contributed by atoms with Crippen LogP contribution in [0.5, 0.6) is 5.75 Å². The van der Waals surface area contributed by atoms with Gasteiger partial charge in [-0.25, -0.2) is 18.9 Å². The number of amides is 3. The molecular formula is C29H22F4N6O3S. The number of nitrogens with zero attached hydrogens (tertiary/aromatic N) is 5. The summed E-state index contributed by atoms with van der Waals surface area (Å²) in [5, 5.41) is 6.81. The molecule has 0 radical (unpaired) electrons. The number of halogens is 4. The average Bonchev–Trinajstić information content (AvgIpc) is 3.59. The maximum absolute atomic E-state index is 14.8. The lowest BCUT2D eigenvalue weighted by molar-refractivity contribution is -0.274. The number of thioether (sulfide) groups is 1. The quantitative estimate of drug-likeness (QED) is 0.248. The van der Waals surface area contributed by atoms with E-state index in [0.29, 0.717) is 22.8 Å². The first-order chi connectivity index (χ1) is 20.5. The lowest BCUT2D eigenvalue weighted by Crippen LogP contribution is -2.32. The molecule has 0 saturated carbocycles. The Morgan fingerprint density at radius 3 is 2.37 bits per heavy atom. The van der Waals surface area contributed by atoms with Crippen LogP contribution in [0.3, 0.4) is 0 Å². The van der Waals surface area contributed by atoms with Gasteiger partial charge in [0.1, 0.15) is 17.9 Å². The molecule has 0 aliphatic carbocycles. The number of aromatic nitrogens is 3. The van der Waals surface area contributed by atoms with Crippen LogP contribution < -0.4 is 15.0 Å². The molecule has 3 amide bonds. The minimum Gasteiger partial charge on any atom is -0.406 e. The first-order valence-electron chi connectivity index (χ1n) is 12.6. The van der Waals surface area contributed by atoms with Gasteiger partial charge in [0.05, 0.1) is 17.1 Å². The number of carbonyl (C=O) groups excluding carboxylic acids is 2. The molecule has 43 heavy (non-hydrogen) atoms. The predicted molar refractivity (Wildman–Crippen MR) is 154 cm³/mol. The largest absolute Gasteiger partial charge is 0.573 e. The molecule has 3 aromatic carbocycles. The van der Waals surface area contributed by atoms with E-state index in [4.69, 9.17) is 0 Å². The molecular weight excluding hydrogens is 588 g/mol. The van der Waals surface area contributed by atoms with Gasteiger partial charge < -0.3 is 10.1 Å². The number of benzene rings is 3. The minimum absolute atomic E-state index is 0.132. The van der Waals surface area contributed by atoms with Gasteiger partial charge in [-0.2, -0.15) is 4.99 Å². The van der Waals surface area contributed by atoms with Crippen molar-refractivity contribution in [2.24, 2.45) is 4.99 Å². The van der Waals surface area contributed by atoms with E-state index in [2.05, 4.69) is 25.1 Å². The highest BCUT2D eigenvalue weighted by Gasteiger charge is 2.32. The highest BCUT2D eigenvalue weighted by atomic mass is 32.2. The molecule has 14 heteroatoms. The maximum Gasteiger partial charge on any atom is 0.573 e. The molecule has 1 aliphatic rings. The third-order valence-electron chi connectivity index (χ3n) is 6.19. The third-order valence-corrected chi connectivity index (χ3v) is 7.12. The molecule has 0 atom stereocenters. The number of urea groups is 1. The molecule has 1 saturated heterocycles. The van der Waals surface area contributed by atoms with Gasteiger partial charge in [-0.3, -0.25) is 9.69 Å². The molecule has 9 nitrogen and oxygen atoms in total. The zero-order valence-electron chi connectivity index (χ0n) is 22.6. The SMILES string of the molecule is Cc1cccc(C)c1N1C(=O)CSC1=NC(=O)N/C=C(\F)c1ccc(-c2ncn(-c3ccc(OC(F)(F)F)cc3)n2)cc1. The summed E-state index contributed by atoms with van der Waals surface area (Å²) in [5.74, 6) is -0.872. The number of hydrogen-bond acceptors (Lipinski definition) is 6. The molecule has 5 rings (SSSR count). The zero-order valence-corrected chi connectivity index (χ0v) is 23.4. The van der Waals surface area contributed by atoms with Gasteiger partial charge in [0.15, 0.2) is 11.0 Å². The summed E-state index contributed by atoms with van der Waals surface area (Å²) >= 11 is 1.12. The number of ether oxygens (including phenoxy) is 1. The second-order valence-corrected chi connectivity index (χ2v) is 10.2. The van der Waals surface area contributed by atoms with E-state index < -0.39 is 18.2 Å². The van der Waals surface area contributed by atoms with Gasteiger partial charge in [-0.15, -0.1) is 18.3 Å². The van der Waals surface area contributed by atoms with Crippen LogP contribution in [0.15, 0.2) is 84.2 Å². The molecule has 2 heterocycles. The van der Waals surface area contributed by atoms with Gasteiger partial charge in [-0.1, -0.05) is 54.2 Å². The van der Waals surface area contributed by atoms with Crippen LogP contribution in [0.25, 0.3) is 22.9 Å². The number of carbonyl (C=O) groups is 2. The molecule has 1 aromatic heterocycles. The summed E-state index contributed by atoms with van der Waals surface area (Å²) in [6.45, 7) is 3.72. The molecule has 1 N–H and O–H groups in total. The van der Waals surface area contributed by atoms with Crippen LogP contribution >= 0.6 is 11.8 Å². The van der Waals surface area contributed by atoms with Crippen molar-refractivity contribution < 1.29 is 31.9 Å². The third kappa shape index (κ3) is 6.92. The lowest BCUT2D eigenvalue weighted by atomic mass is 10.1. The van der Waals surface area contributed by atoms with E-state index >= 15 is 0 Å². The highest BCUT2D eigenvalue weighted by molar-refractivity contribution is 8.15. The number of nitrogens with one attached hydrogen (secondary N) is 1. The summed E-state index contributed by atoms with van der Waals surface area (Å²) in [4.78, 5) is 34.6.